The van der Waals surface area contributed by atoms with E-state index in [-0.39, 0.29) is 30.2 Å². The fraction of sp³-hybridized carbons (Fsp3) is 0.421. The minimum atomic E-state index is -0.545. The first-order valence-corrected chi connectivity index (χ1v) is 9.51. The van der Waals surface area contributed by atoms with Gasteiger partial charge < -0.3 is 30.2 Å². The van der Waals surface area contributed by atoms with Gasteiger partial charge in [-0.3, -0.25) is 4.79 Å². The molecule has 0 bridgehead atoms. The number of para-hydroxylation sites is 1. The minimum Gasteiger partial charge on any atom is -0.358 e. The Morgan fingerprint density at radius 1 is 1.24 bits per heavy atom. The number of carbonyl (C=O) groups excluding carboxylic acids is 2. The predicted molar refractivity (Wildman–Crippen MR) is 106 cm³/mol. The first-order valence-electron chi connectivity index (χ1n) is 9.51. The highest BCUT2D eigenvalue weighted by Crippen LogP contribution is 2.14. The summed E-state index contributed by atoms with van der Waals surface area (Å²) in [5, 5.41) is 16.5. The summed E-state index contributed by atoms with van der Waals surface area (Å²) in [6.07, 6.45) is 2.97. The quantitative estimate of drug-likeness (QED) is 0.569. The molecule has 1 aliphatic heterocycles. The number of nitrogens with one attached hydrogen (secondary N) is 2. The highest BCUT2D eigenvalue weighted by Gasteiger charge is 2.24. The van der Waals surface area contributed by atoms with Gasteiger partial charge in [0.2, 0.25) is 11.7 Å². The lowest BCUT2D eigenvalue weighted by atomic mass is 10.0. The molecule has 0 spiro atoms. The van der Waals surface area contributed by atoms with Gasteiger partial charge in [-0.25, -0.2) is 4.79 Å². The van der Waals surface area contributed by atoms with Gasteiger partial charge in [0.15, 0.2) is 0 Å². The smallest absolute Gasteiger partial charge is 0.358 e. The minimum absolute atomic E-state index is 0.00654. The van der Waals surface area contributed by atoms with Crippen molar-refractivity contribution in [3.8, 4) is 0 Å². The van der Waals surface area contributed by atoms with Gasteiger partial charge in [0.1, 0.15) is 6.20 Å². The second-order valence-corrected chi connectivity index (χ2v) is 6.97. The summed E-state index contributed by atoms with van der Waals surface area (Å²) in [5.74, 6) is 0.292. The maximum absolute atomic E-state index is 12.5. The van der Waals surface area contributed by atoms with Crippen molar-refractivity contribution in [1.29, 1.82) is 0 Å². The number of nitrogens with zero attached hydrogens (tertiary/aromatic N) is 4. The molecule has 0 radical (unpaired) electrons. The summed E-state index contributed by atoms with van der Waals surface area (Å²) in [5.41, 5.74) is 0.729. The van der Waals surface area contributed by atoms with Crippen LogP contribution in [-0.2, 0) is 11.3 Å². The van der Waals surface area contributed by atoms with E-state index >= 15 is 0 Å². The number of anilines is 1. The van der Waals surface area contributed by atoms with Crippen molar-refractivity contribution in [2.75, 3.05) is 18.4 Å². The molecule has 154 valence electrons. The van der Waals surface area contributed by atoms with Gasteiger partial charge in [0, 0.05) is 44.7 Å². The van der Waals surface area contributed by atoms with Crippen LogP contribution in [0.3, 0.4) is 0 Å². The van der Waals surface area contributed by atoms with Crippen molar-refractivity contribution >= 4 is 23.4 Å². The molecule has 10 heteroatoms. The number of aromatic nitrogens is 2. The van der Waals surface area contributed by atoms with Gasteiger partial charge in [-0.2, -0.15) is 0 Å². The Kier molecular flexibility index (Phi) is 6.43. The average molecular weight is 400 g/mol. The van der Waals surface area contributed by atoms with E-state index in [4.69, 9.17) is 0 Å². The lowest BCUT2D eigenvalue weighted by Crippen LogP contribution is -2.47. The zero-order chi connectivity index (χ0) is 20.8. The van der Waals surface area contributed by atoms with Crippen LogP contribution in [0.25, 0.3) is 0 Å². The highest BCUT2D eigenvalue weighted by molar-refractivity contribution is 5.89. The van der Waals surface area contributed by atoms with Crippen LogP contribution in [0.1, 0.15) is 25.1 Å². The monoisotopic (exact) mass is 400 g/mol. The molecular weight excluding hydrogens is 376 g/mol. The van der Waals surface area contributed by atoms with Gasteiger partial charge in [-0.05, 0) is 34.9 Å². The second-order valence-electron chi connectivity index (χ2n) is 6.97. The molecule has 0 aliphatic carbocycles. The molecule has 1 aromatic heterocycles. The molecule has 1 fully saturated rings. The molecule has 2 N–H and O–H groups in total. The lowest BCUT2D eigenvalue weighted by molar-refractivity contribution is -0.389. The van der Waals surface area contributed by atoms with E-state index in [0.717, 1.165) is 5.69 Å². The summed E-state index contributed by atoms with van der Waals surface area (Å²) in [6, 6.07) is 8.98. The summed E-state index contributed by atoms with van der Waals surface area (Å²) >= 11 is 0. The molecule has 1 aromatic carbocycles. The largest absolute Gasteiger partial charge is 0.381 e. The van der Waals surface area contributed by atoms with Crippen LogP contribution < -0.4 is 10.6 Å². The number of aryl methyl sites for hydroxylation is 2. The Bertz CT molecular complexity index is 874. The molecule has 0 unspecified atom stereocenters. The van der Waals surface area contributed by atoms with Gasteiger partial charge in [-0.15, -0.1) is 0 Å². The third-order valence-electron chi connectivity index (χ3n) is 4.93. The van der Waals surface area contributed by atoms with Gasteiger partial charge >= 0.3 is 11.8 Å². The van der Waals surface area contributed by atoms with Crippen molar-refractivity contribution in [3.63, 3.8) is 0 Å². The van der Waals surface area contributed by atoms with Gasteiger partial charge in [0.05, 0.1) is 0 Å². The van der Waals surface area contributed by atoms with E-state index in [9.17, 15) is 19.7 Å². The van der Waals surface area contributed by atoms with Crippen molar-refractivity contribution in [1.82, 2.24) is 19.8 Å². The number of rotatable bonds is 6. The summed E-state index contributed by atoms with van der Waals surface area (Å²) < 4.78 is 1.62. The normalized spacial score (nSPS) is 14.4. The number of benzene rings is 1. The van der Waals surface area contributed by atoms with Crippen molar-refractivity contribution in [2.24, 2.45) is 0 Å². The second kappa shape index (κ2) is 9.18. The first kappa shape index (κ1) is 20.3. The van der Waals surface area contributed by atoms with Gasteiger partial charge in [-0.1, -0.05) is 18.2 Å². The number of hydrogen-bond acceptors (Lipinski definition) is 5. The number of urea groups is 1. The molecule has 1 saturated heterocycles. The Morgan fingerprint density at radius 2 is 1.93 bits per heavy atom. The summed E-state index contributed by atoms with van der Waals surface area (Å²) in [4.78, 5) is 40.4. The molecule has 29 heavy (non-hydrogen) atoms. The van der Waals surface area contributed by atoms with Crippen LogP contribution in [0.5, 0.6) is 0 Å². The molecule has 0 atom stereocenters. The Morgan fingerprint density at radius 3 is 2.55 bits per heavy atom. The fourth-order valence-electron chi connectivity index (χ4n) is 3.33. The topological polar surface area (TPSA) is 122 Å². The molecule has 2 aromatic rings. The number of hydrogen-bond donors (Lipinski definition) is 2. The molecule has 1 aliphatic rings. The Balaban J connectivity index is 1.41. The van der Waals surface area contributed by atoms with Crippen LogP contribution in [-0.4, -0.2) is 50.4 Å². The van der Waals surface area contributed by atoms with E-state index in [1.165, 1.54) is 6.20 Å². The van der Waals surface area contributed by atoms with Crippen LogP contribution >= 0.6 is 0 Å². The highest BCUT2D eigenvalue weighted by atomic mass is 16.6. The van der Waals surface area contributed by atoms with E-state index in [1.807, 2.05) is 30.3 Å². The van der Waals surface area contributed by atoms with Crippen molar-refractivity contribution in [2.45, 2.75) is 38.8 Å². The Labute approximate surface area is 168 Å². The number of amides is 3. The molecule has 3 rings (SSSR count). The van der Waals surface area contributed by atoms with Crippen LogP contribution in [0.4, 0.5) is 16.3 Å². The number of imidazole rings is 1. The fourth-order valence-corrected chi connectivity index (χ4v) is 3.33. The Hall–Kier alpha value is -3.43. The number of piperidine rings is 1. The lowest BCUT2D eigenvalue weighted by Gasteiger charge is -2.32. The summed E-state index contributed by atoms with van der Waals surface area (Å²) in [6.45, 7) is 3.16. The van der Waals surface area contributed by atoms with Crippen molar-refractivity contribution < 1.29 is 14.5 Å². The zero-order valence-corrected chi connectivity index (χ0v) is 16.2. The standard InChI is InChI=1S/C19H24N6O4/c1-14-20-17(25(28)29)13-24(14)12-9-18(26)23-10-7-16(8-11-23)22-19(27)21-15-5-3-2-4-6-15/h2-6,13,16H,7-12H2,1H3,(H2,21,22,27). The van der Waals surface area contributed by atoms with Gasteiger partial charge in [0.25, 0.3) is 0 Å². The molecule has 3 amide bonds. The maximum Gasteiger partial charge on any atom is 0.381 e. The van der Waals surface area contributed by atoms with E-state index in [1.54, 1.807) is 16.4 Å². The molecule has 2 heterocycles. The van der Waals surface area contributed by atoms with Crippen LogP contribution in [0.15, 0.2) is 36.5 Å². The third kappa shape index (κ3) is 5.53. The van der Waals surface area contributed by atoms with E-state index in [2.05, 4.69) is 15.6 Å². The van der Waals surface area contributed by atoms with Crippen LogP contribution in [0.2, 0.25) is 0 Å². The third-order valence-corrected chi connectivity index (χ3v) is 4.93. The molecular formula is C19H24N6O4. The predicted octanol–water partition coefficient (Wildman–Crippen LogP) is 2.30. The molecule has 0 saturated carbocycles. The number of nitro groups is 1. The summed E-state index contributed by atoms with van der Waals surface area (Å²) in [7, 11) is 0. The van der Waals surface area contributed by atoms with E-state index < -0.39 is 4.92 Å². The van der Waals surface area contributed by atoms with E-state index in [0.29, 0.717) is 38.3 Å². The maximum atomic E-state index is 12.5. The van der Waals surface area contributed by atoms with Crippen LogP contribution in [0, 0.1) is 17.0 Å². The SMILES string of the molecule is Cc1nc([N+](=O)[O-])cn1CCC(=O)N1CCC(NC(=O)Nc2ccccc2)CC1. The number of likely N-dealkylation sites (tertiary alicyclic amines) is 1. The first-order chi connectivity index (χ1) is 13.9. The molecule has 10 nitrogen and oxygen atoms in total. The zero-order valence-electron chi connectivity index (χ0n) is 16.2. The number of carbonyl (C=O) groups is 2. The average Bonchev–Trinajstić information content (AvgIpc) is 3.08. The van der Waals surface area contributed by atoms with Crippen molar-refractivity contribution in [3.05, 3.63) is 52.5 Å².